The van der Waals surface area contributed by atoms with Gasteiger partial charge in [-0.15, -0.1) is 13.2 Å². The highest BCUT2D eigenvalue weighted by atomic mass is 31.1. The third-order valence-electron chi connectivity index (χ3n) is 4.24. The minimum Gasteiger partial charge on any atom is -0.288 e. The number of hydrogen-bond acceptors (Lipinski definition) is 1. The summed E-state index contributed by atoms with van der Waals surface area (Å²) in [6.45, 7) is 16.3. The molecule has 2 aromatic carbocycles. The molecule has 1 nitrogen and oxygen atoms in total. The van der Waals surface area contributed by atoms with Gasteiger partial charge in [0.25, 0.3) is 0 Å². The van der Waals surface area contributed by atoms with Gasteiger partial charge in [0, 0.05) is 13.5 Å². The van der Waals surface area contributed by atoms with Crippen LogP contribution in [0.3, 0.4) is 0 Å². The summed E-state index contributed by atoms with van der Waals surface area (Å²) in [4.78, 5) is 13.6. The molecular weight excluding hydrogens is 347 g/mol. The number of hydrogen-bond donors (Lipinski definition) is 0. The molecule has 0 bridgehead atoms. The van der Waals surface area contributed by atoms with Crippen molar-refractivity contribution in [2.75, 3.05) is 0 Å². The molecule has 0 saturated carbocycles. The molecular formula is C25H31OP. The van der Waals surface area contributed by atoms with Gasteiger partial charge in [0.1, 0.15) is 0 Å². The smallest absolute Gasteiger partial charge is 0.193 e. The van der Waals surface area contributed by atoms with Gasteiger partial charge in [-0.2, -0.15) is 0 Å². The molecule has 0 spiro atoms. The highest BCUT2D eigenvalue weighted by Crippen LogP contribution is 2.49. The average molecular weight is 378 g/mol. The quantitative estimate of drug-likeness (QED) is 0.294. The molecule has 1 atom stereocenters. The fourth-order valence-electron chi connectivity index (χ4n) is 3.18. The van der Waals surface area contributed by atoms with Crippen LogP contribution in [0.4, 0.5) is 0 Å². The number of carbonyl (C=O) groups excluding carboxylic acids is 1. The SMILES string of the molecule is C/C=C\C=C(/CC)P(C(=O)c1c(C)cc(C)cc1C)c1ccccc1.C=C. The number of rotatable bonds is 6. The van der Waals surface area contributed by atoms with Crippen molar-refractivity contribution in [1.82, 2.24) is 0 Å². The Morgan fingerprint density at radius 1 is 1.04 bits per heavy atom. The zero-order chi connectivity index (χ0) is 20.4. The Labute approximate surface area is 166 Å². The summed E-state index contributed by atoms with van der Waals surface area (Å²) in [5.74, 6) is 0. The first-order valence-corrected chi connectivity index (χ1v) is 10.6. The second-order valence-corrected chi connectivity index (χ2v) is 8.45. The van der Waals surface area contributed by atoms with Crippen LogP contribution in [0.2, 0.25) is 0 Å². The normalized spacial score (nSPS) is 12.4. The van der Waals surface area contributed by atoms with E-state index < -0.39 is 7.92 Å². The molecule has 1 unspecified atom stereocenters. The maximum Gasteiger partial charge on any atom is 0.193 e. The van der Waals surface area contributed by atoms with Gasteiger partial charge in [-0.05, 0) is 55.9 Å². The summed E-state index contributed by atoms with van der Waals surface area (Å²) >= 11 is 0. The molecule has 0 radical (unpaired) electrons. The number of allylic oxidation sites excluding steroid dienone is 4. The van der Waals surface area contributed by atoms with Crippen molar-refractivity contribution in [3.05, 3.63) is 101 Å². The molecule has 0 N–H and O–H groups in total. The monoisotopic (exact) mass is 378 g/mol. The molecule has 0 aliphatic carbocycles. The number of aryl methyl sites for hydroxylation is 3. The summed E-state index contributed by atoms with van der Waals surface area (Å²) in [6, 6.07) is 14.4. The summed E-state index contributed by atoms with van der Waals surface area (Å²) in [5, 5.41) is 2.34. The van der Waals surface area contributed by atoms with E-state index >= 15 is 0 Å². The van der Waals surface area contributed by atoms with Crippen LogP contribution in [0, 0.1) is 20.8 Å². The van der Waals surface area contributed by atoms with E-state index in [9.17, 15) is 4.79 Å². The van der Waals surface area contributed by atoms with E-state index in [1.165, 1.54) is 10.9 Å². The van der Waals surface area contributed by atoms with E-state index in [1.54, 1.807) is 0 Å². The lowest BCUT2D eigenvalue weighted by atomic mass is 10.0. The highest BCUT2D eigenvalue weighted by Gasteiger charge is 2.27. The van der Waals surface area contributed by atoms with E-state index in [2.05, 4.69) is 57.3 Å². The van der Waals surface area contributed by atoms with Gasteiger partial charge in [-0.25, -0.2) is 0 Å². The van der Waals surface area contributed by atoms with Crippen LogP contribution < -0.4 is 5.30 Å². The van der Waals surface area contributed by atoms with E-state index in [1.807, 2.05) is 51.1 Å². The zero-order valence-corrected chi connectivity index (χ0v) is 18.1. The highest BCUT2D eigenvalue weighted by molar-refractivity contribution is 7.85. The lowest BCUT2D eigenvalue weighted by Crippen LogP contribution is -2.13. The van der Waals surface area contributed by atoms with Gasteiger partial charge in [0.2, 0.25) is 0 Å². The van der Waals surface area contributed by atoms with Crippen molar-refractivity contribution >= 4 is 18.8 Å². The topological polar surface area (TPSA) is 17.1 Å². The summed E-state index contributed by atoms with van der Waals surface area (Å²) in [6.07, 6.45) is 7.05. The van der Waals surface area contributed by atoms with Crippen LogP contribution in [-0.2, 0) is 0 Å². The summed E-state index contributed by atoms with van der Waals surface area (Å²) in [7, 11) is -1.04. The van der Waals surface area contributed by atoms with Gasteiger partial charge in [0.15, 0.2) is 5.52 Å². The zero-order valence-electron chi connectivity index (χ0n) is 17.3. The van der Waals surface area contributed by atoms with Gasteiger partial charge in [-0.1, -0.05) is 73.2 Å². The van der Waals surface area contributed by atoms with Gasteiger partial charge < -0.3 is 0 Å². The van der Waals surface area contributed by atoms with Gasteiger partial charge >= 0.3 is 0 Å². The van der Waals surface area contributed by atoms with Crippen LogP contribution in [0.25, 0.3) is 0 Å². The summed E-state index contributed by atoms with van der Waals surface area (Å²) < 4.78 is 0. The Bertz CT molecular complexity index is 792. The van der Waals surface area contributed by atoms with Crippen LogP contribution in [0.5, 0.6) is 0 Å². The Kier molecular flexibility index (Phi) is 9.68. The molecule has 0 saturated heterocycles. The maximum atomic E-state index is 13.6. The first-order valence-electron chi connectivity index (χ1n) is 9.28. The van der Waals surface area contributed by atoms with Crippen molar-refractivity contribution in [3.8, 4) is 0 Å². The number of benzene rings is 2. The molecule has 0 fully saturated rings. The van der Waals surface area contributed by atoms with Crippen molar-refractivity contribution in [2.45, 2.75) is 41.0 Å². The van der Waals surface area contributed by atoms with Crippen molar-refractivity contribution in [1.29, 1.82) is 0 Å². The van der Waals surface area contributed by atoms with Crippen LogP contribution in [0.15, 0.2) is 79.2 Å². The minimum absolute atomic E-state index is 0.258. The first-order chi connectivity index (χ1) is 13.0. The van der Waals surface area contributed by atoms with Crippen LogP contribution in [-0.4, -0.2) is 5.52 Å². The maximum absolute atomic E-state index is 13.6. The average Bonchev–Trinajstić information content (AvgIpc) is 2.66. The Balaban J connectivity index is 0.00000176. The lowest BCUT2D eigenvalue weighted by molar-refractivity contribution is 0.108. The predicted octanol–water partition coefficient (Wildman–Crippen LogP) is 7.23. The minimum atomic E-state index is -1.04. The van der Waals surface area contributed by atoms with Crippen molar-refractivity contribution in [3.63, 3.8) is 0 Å². The number of carbonyl (C=O) groups is 1. The molecule has 2 aromatic rings. The molecule has 0 aromatic heterocycles. The molecule has 2 heteroatoms. The molecule has 0 amide bonds. The molecule has 142 valence electrons. The third-order valence-corrected chi connectivity index (χ3v) is 6.72. The standard InChI is InChI=1S/C23H27OP.C2H4/c1-6-8-12-20(7-2)25(21-13-10-9-11-14-21)23(24)22-18(4)15-17(3)16-19(22)5;1-2/h6,8-16H,7H2,1-5H3;1-2H2/b8-6-,20-12+;. The first kappa shape index (κ1) is 22.8. The largest absolute Gasteiger partial charge is 0.288 e. The molecule has 0 aliphatic heterocycles. The predicted molar refractivity (Wildman–Crippen MR) is 122 cm³/mol. The molecule has 0 aliphatic rings. The molecule has 0 heterocycles. The second-order valence-electron chi connectivity index (χ2n) is 6.29. The fraction of sp³-hybridized carbons (Fsp3) is 0.240. The van der Waals surface area contributed by atoms with Crippen LogP contribution in [0.1, 0.15) is 47.3 Å². The third kappa shape index (κ3) is 5.88. The Morgan fingerprint density at radius 2 is 1.59 bits per heavy atom. The van der Waals surface area contributed by atoms with E-state index in [-0.39, 0.29) is 5.52 Å². The van der Waals surface area contributed by atoms with E-state index in [0.29, 0.717) is 0 Å². The van der Waals surface area contributed by atoms with Crippen molar-refractivity contribution in [2.24, 2.45) is 0 Å². The van der Waals surface area contributed by atoms with Crippen molar-refractivity contribution < 1.29 is 4.79 Å². The second kappa shape index (κ2) is 11.5. The van der Waals surface area contributed by atoms with E-state index in [0.717, 1.165) is 28.4 Å². The fourth-order valence-corrected chi connectivity index (χ4v) is 5.60. The Hall–Kier alpha value is -2.24. The van der Waals surface area contributed by atoms with Crippen LogP contribution >= 0.6 is 7.92 Å². The van der Waals surface area contributed by atoms with Gasteiger partial charge in [0.05, 0.1) is 0 Å². The van der Waals surface area contributed by atoms with E-state index in [4.69, 9.17) is 0 Å². The molecule has 2 rings (SSSR count). The summed E-state index contributed by atoms with van der Waals surface area (Å²) in [5.41, 5.74) is 4.50. The Morgan fingerprint density at radius 3 is 2.07 bits per heavy atom. The molecule has 27 heavy (non-hydrogen) atoms. The lowest BCUT2D eigenvalue weighted by Gasteiger charge is -2.22. The van der Waals surface area contributed by atoms with Gasteiger partial charge in [-0.3, -0.25) is 4.79 Å².